The van der Waals surface area contributed by atoms with E-state index in [1.807, 2.05) is 24.0 Å². The van der Waals surface area contributed by atoms with Crippen molar-refractivity contribution in [2.45, 2.75) is 24.7 Å². The number of sulfonamides is 1. The molecule has 3 heterocycles. The van der Waals surface area contributed by atoms with E-state index in [1.165, 1.54) is 4.31 Å². The maximum absolute atomic E-state index is 13.0. The number of aryl methyl sites for hydroxylation is 1. The standard InChI is InChI=1S/C19H27N3O3S.ClH/c1-14-4-6-18(7-5-14)26(24,25)22-8-2-3-15(13-22)19(23)21-11-16-9-20-10-17(16)12-21;/h4-7,15-17,20H,2-3,8-13H2,1H3;1H/t15?,16-,17+;. The van der Waals surface area contributed by atoms with Gasteiger partial charge in [-0.15, -0.1) is 12.4 Å². The number of hydrogen-bond acceptors (Lipinski definition) is 4. The topological polar surface area (TPSA) is 69.7 Å². The SMILES string of the molecule is Cc1ccc(S(=O)(=O)N2CCCC(C(=O)N3C[C@H]4CNC[C@H]4C3)C2)cc1.Cl. The fourth-order valence-corrected chi connectivity index (χ4v) is 6.04. The van der Waals surface area contributed by atoms with Gasteiger partial charge in [-0.3, -0.25) is 4.79 Å². The van der Waals surface area contributed by atoms with Crippen LogP contribution in [0.25, 0.3) is 0 Å². The van der Waals surface area contributed by atoms with Gasteiger partial charge in [-0.25, -0.2) is 8.42 Å². The Morgan fingerprint density at radius 1 is 1.07 bits per heavy atom. The molecule has 3 aliphatic heterocycles. The van der Waals surface area contributed by atoms with Crippen molar-refractivity contribution >= 4 is 28.3 Å². The number of piperidine rings is 1. The van der Waals surface area contributed by atoms with Crippen LogP contribution in [0.15, 0.2) is 29.2 Å². The number of nitrogens with zero attached hydrogens (tertiary/aromatic N) is 2. The number of nitrogens with one attached hydrogen (secondary N) is 1. The number of amides is 1. The zero-order valence-electron chi connectivity index (χ0n) is 15.6. The highest BCUT2D eigenvalue weighted by atomic mass is 35.5. The lowest BCUT2D eigenvalue weighted by atomic mass is 9.98. The smallest absolute Gasteiger partial charge is 0.243 e. The van der Waals surface area contributed by atoms with E-state index in [4.69, 9.17) is 0 Å². The summed E-state index contributed by atoms with van der Waals surface area (Å²) in [6, 6.07) is 6.95. The van der Waals surface area contributed by atoms with Gasteiger partial charge in [0.15, 0.2) is 0 Å². The third-order valence-corrected chi connectivity index (χ3v) is 7.97. The molecule has 1 aromatic carbocycles. The van der Waals surface area contributed by atoms with E-state index in [0.717, 1.165) is 44.6 Å². The van der Waals surface area contributed by atoms with Crippen molar-refractivity contribution < 1.29 is 13.2 Å². The molecule has 6 nitrogen and oxygen atoms in total. The number of fused-ring (bicyclic) bond motifs is 1. The molecular formula is C19H28ClN3O3S. The van der Waals surface area contributed by atoms with Gasteiger partial charge < -0.3 is 10.2 Å². The summed E-state index contributed by atoms with van der Waals surface area (Å²) in [6.07, 6.45) is 1.52. The second kappa shape index (κ2) is 8.07. The predicted octanol–water partition coefficient (Wildman–Crippen LogP) is 1.50. The van der Waals surface area contributed by atoms with Crippen molar-refractivity contribution in [2.75, 3.05) is 39.3 Å². The zero-order valence-corrected chi connectivity index (χ0v) is 17.3. The minimum absolute atomic E-state index is 0. The molecule has 0 aliphatic carbocycles. The molecule has 0 aromatic heterocycles. The molecule has 0 spiro atoms. The molecule has 8 heteroatoms. The van der Waals surface area contributed by atoms with Crippen molar-refractivity contribution in [1.29, 1.82) is 0 Å². The molecular weight excluding hydrogens is 386 g/mol. The van der Waals surface area contributed by atoms with Crippen LogP contribution >= 0.6 is 12.4 Å². The first-order valence-corrected chi connectivity index (χ1v) is 11.0. The maximum atomic E-state index is 13.0. The van der Waals surface area contributed by atoms with E-state index in [2.05, 4.69) is 5.32 Å². The van der Waals surface area contributed by atoms with Gasteiger partial charge >= 0.3 is 0 Å². The van der Waals surface area contributed by atoms with Crippen LogP contribution in [0.3, 0.4) is 0 Å². The Morgan fingerprint density at radius 2 is 1.70 bits per heavy atom. The average Bonchev–Trinajstić information content (AvgIpc) is 3.23. The van der Waals surface area contributed by atoms with Crippen LogP contribution in [0.2, 0.25) is 0 Å². The number of hydrogen-bond donors (Lipinski definition) is 1. The summed E-state index contributed by atoms with van der Waals surface area (Å²) in [5.74, 6) is 1.06. The molecule has 3 fully saturated rings. The Labute approximate surface area is 167 Å². The van der Waals surface area contributed by atoms with Crippen molar-refractivity contribution in [1.82, 2.24) is 14.5 Å². The van der Waals surface area contributed by atoms with Crippen LogP contribution in [0.5, 0.6) is 0 Å². The highest BCUT2D eigenvalue weighted by Crippen LogP contribution is 2.30. The van der Waals surface area contributed by atoms with Crippen LogP contribution in [0.1, 0.15) is 18.4 Å². The van der Waals surface area contributed by atoms with Gasteiger partial charge in [-0.1, -0.05) is 17.7 Å². The van der Waals surface area contributed by atoms with Crippen LogP contribution in [0, 0.1) is 24.7 Å². The minimum atomic E-state index is -3.53. The first kappa shape index (κ1) is 20.6. The third-order valence-electron chi connectivity index (χ3n) is 6.09. The molecule has 1 aromatic rings. The number of rotatable bonds is 3. The maximum Gasteiger partial charge on any atom is 0.243 e. The second-order valence-corrected chi connectivity index (χ2v) is 9.87. The fourth-order valence-electron chi connectivity index (χ4n) is 4.52. The summed E-state index contributed by atoms with van der Waals surface area (Å²) < 4.78 is 27.4. The quantitative estimate of drug-likeness (QED) is 0.815. The first-order chi connectivity index (χ1) is 12.4. The summed E-state index contributed by atoms with van der Waals surface area (Å²) in [7, 11) is -3.53. The normalized spacial score (nSPS) is 28.6. The molecule has 3 aliphatic rings. The number of likely N-dealkylation sites (tertiary alicyclic amines) is 1. The van der Waals surface area contributed by atoms with Crippen molar-refractivity contribution in [2.24, 2.45) is 17.8 Å². The molecule has 3 saturated heterocycles. The van der Waals surface area contributed by atoms with Gasteiger partial charge in [0.1, 0.15) is 0 Å². The van der Waals surface area contributed by atoms with E-state index >= 15 is 0 Å². The lowest BCUT2D eigenvalue weighted by molar-refractivity contribution is -0.135. The molecule has 27 heavy (non-hydrogen) atoms. The van der Waals surface area contributed by atoms with E-state index in [-0.39, 0.29) is 24.2 Å². The minimum Gasteiger partial charge on any atom is -0.342 e. The summed E-state index contributed by atoms with van der Waals surface area (Å²) in [5, 5.41) is 3.39. The molecule has 0 saturated carbocycles. The van der Waals surface area contributed by atoms with E-state index in [1.54, 1.807) is 12.1 Å². The number of carbonyl (C=O) groups excluding carboxylic acids is 1. The van der Waals surface area contributed by atoms with Crippen molar-refractivity contribution in [3.8, 4) is 0 Å². The van der Waals surface area contributed by atoms with Crippen molar-refractivity contribution in [3.63, 3.8) is 0 Å². The molecule has 150 valence electrons. The fraction of sp³-hybridized carbons (Fsp3) is 0.632. The van der Waals surface area contributed by atoms with Crippen LogP contribution in [-0.2, 0) is 14.8 Å². The van der Waals surface area contributed by atoms with Gasteiger partial charge in [0.2, 0.25) is 15.9 Å². The Balaban J connectivity index is 0.00000210. The van der Waals surface area contributed by atoms with Crippen molar-refractivity contribution in [3.05, 3.63) is 29.8 Å². The van der Waals surface area contributed by atoms with E-state index < -0.39 is 10.0 Å². The molecule has 0 bridgehead atoms. The highest BCUT2D eigenvalue weighted by molar-refractivity contribution is 7.89. The molecule has 1 amide bonds. The average molecular weight is 414 g/mol. The third kappa shape index (κ3) is 4.01. The molecule has 3 atom stereocenters. The molecule has 1 N–H and O–H groups in total. The predicted molar refractivity (Wildman–Crippen MR) is 106 cm³/mol. The lowest BCUT2D eigenvalue weighted by Gasteiger charge is -2.33. The number of benzene rings is 1. The zero-order chi connectivity index (χ0) is 18.3. The second-order valence-electron chi connectivity index (χ2n) is 7.94. The molecule has 1 unspecified atom stereocenters. The van der Waals surface area contributed by atoms with Gasteiger partial charge in [0.05, 0.1) is 10.8 Å². The van der Waals surface area contributed by atoms with E-state index in [9.17, 15) is 13.2 Å². The van der Waals surface area contributed by atoms with Gasteiger partial charge in [-0.05, 0) is 43.7 Å². The number of halogens is 1. The first-order valence-electron chi connectivity index (χ1n) is 9.51. The summed E-state index contributed by atoms with van der Waals surface area (Å²) in [6.45, 7) is 6.36. The van der Waals surface area contributed by atoms with Gasteiger partial charge in [-0.2, -0.15) is 4.31 Å². The molecule has 0 radical (unpaired) electrons. The Bertz CT molecular complexity index is 772. The highest BCUT2D eigenvalue weighted by Gasteiger charge is 2.41. The number of carbonyl (C=O) groups is 1. The van der Waals surface area contributed by atoms with E-state index in [0.29, 0.717) is 29.8 Å². The monoisotopic (exact) mass is 413 g/mol. The van der Waals surface area contributed by atoms with Gasteiger partial charge in [0, 0.05) is 39.3 Å². The molecule has 4 rings (SSSR count). The lowest BCUT2D eigenvalue weighted by Crippen LogP contribution is -2.46. The Kier molecular flexibility index (Phi) is 6.15. The largest absolute Gasteiger partial charge is 0.342 e. The Morgan fingerprint density at radius 3 is 2.33 bits per heavy atom. The van der Waals surface area contributed by atoms with Crippen LogP contribution < -0.4 is 5.32 Å². The van der Waals surface area contributed by atoms with Gasteiger partial charge in [0.25, 0.3) is 0 Å². The van der Waals surface area contributed by atoms with Crippen LogP contribution in [-0.4, -0.2) is 62.8 Å². The summed E-state index contributed by atoms with van der Waals surface area (Å²) in [4.78, 5) is 15.3. The summed E-state index contributed by atoms with van der Waals surface area (Å²) >= 11 is 0. The summed E-state index contributed by atoms with van der Waals surface area (Å²) in [5.41, 5.74) is 1.03. The Hall–Kier alpha value is -1.15. The van der Waals surface area contributed by atoms with Crippen LogP contribution in [0.4, 0.5) is 0 Å².